The first-order chi connectivity index (χ1) is 15.9. The van der Waals surface area contributed by atoms with Crippen molar-refractivity contribution in [2.45, 2.75) is 5.92 Å². The number of allylic oxidation sites excluding steroid dienone is 1. The van der Waals surface area contributed by atoms with E-state index in [-0.39, 0.29) is 22.3 Å². The second kappa shape index (κ2) is 11.0. The van der Waals surface area contributed by atoms with Gasteiger partial charge in [0.05, 0.1) is 36.6 Å². The summed E-state index contributed by atoms with van der Waals surface area (Å²) in [4.78, 5) is 37.7. The first-order valence-corrected chi connectivity index (χ1v) is 11.5. The van der Waals surface area contributed by atoms with Gasteiger partial charge >= 0.3 is 5.97 Å². The lowest BCUT2D eigenvalue weighted by molar-refractivity contribution is -0.150. The molecule has 1 aliphatic rings. The van der Waals surface area contributed by atoms with Crippen molar-refractivity contribution in [1.82, 2.24) is 5.32 Å². The maximum absolute atomic E-state index is 12.8. The number of halogens is 1. The summed E-state index contributed by atoms with van der Waals surface area (Å²) < 4.78 is 10.7. The topological polar surface area (TPSA) is 118 Å². The number of nitrogens with one attached hydrogen (secondary N) is 2. The zero-order valence-corrected chi connectivity index (χ0v) is 20.2. The fraction of sp³-hybridized carbons (Fsp3) is 0.217. The van der Waals surface area contributed by atoms with Crippen molar-refractivity contribution < 1.29 is 23.9 Å². The molecule has 0 fully saturated rings. The molecule has 3 rings (SSSR count). The molecule has 0 aromatic heterocycles. The standard InChI is InChI=1S/C23H20BrN3O5S/c1-31-16-8-4-7-15(10-16)26-18(28)12-33-22-17(11-25)19(13-5-3-6-14(24)9-13)20(21(29)27-22)23(30)32-2/h3-10,19-20H,12H2,1-2H3,(H,26,28)(H,27,29)/t19-,20+/m1/s1. The maximum Gasteiger partial charge on any atom is 0.319 e. The van der Waals surface area contributed by atoms with Crippen LogP contribution in [-0.2, 0) is 19.1 Å². The first-order valence-electron chi connectivity index (χ1n) is 9.73. The Morgan fingerprint density at radius 2 is 1.97 bits per heavy atom. The van der Waals surface area contributed by atoms with Gasteiger partial charge in [-0.3, -0.25) is 14.4 Å². The van der Waals surface area contributed by atoms with Crippen LogP contribution in [0.3, 0.4) is 0 Å². The van der Waals surface area contributed by atoms with Gasteiger partial charge in [-0.15, -0.1) is 0 Å². The van der Waals surface area contributed by atoms with Crippen molar-refractivity contribution >= 4 is 51.2 Å². The zero-order chi connectivity index (χ0) is 24.0. The third-order valence-corrected chi connectivity index (χ3v) is 6.40. The predicted octanol–water partition coefficient (Wildman–Crippen LogP) is 3.57. The molecule has 0 saturated carbocycles. The number of methoxy groups -OCH3 is 2. The molecule has 0 aliphatic carbocycles. The normalized spacial score (nSPS) is 17.6. The van der Waals surface area contributed by atoms with Crippen LogP contribution in [0.1, 0.15) is 11.5 Å². The number of nitrogens with zero attached hydrogens (tertiary/aromatic N) is 1. The van der Waals surface area contributed by atoms with Gasteiger partial charge in [0, 0.05) is 22.1 Å². The third-order valence-electron chi connectivity index (χ3n) is 4.89. The molecule has 2 aromatic rings. The lowest BCUT2D eigenvalue weighted by Gasteiger charge is -2.31. The number of nitriles is 1. The van der Waals surface area contributed by atoms with E-state index in [1.807, 2.05) is 0 Å². The highest BCUT2D eigenvalue weighted by atomic mass is 79.9. The van der Waals surface area contributed by atoms with Gasteiger partial charge < -0.3 is 20.1 Å². The number of carbonyl (C=O) groups excluding carboxylic acids is 3. The molecular weight excluding hydrogens is 510 g/mol. The van der Waals surface area contributed by atoms with Gasteiger partial charge in [0.15, 0.2) is 0 Å². The van der Waals surface area contributed by atoms with Crippen LogP contribution in [-0.4, -0.2) is 37.8 Å². The van der Waals surface area contributed by atoms with Crippen LogP contribution in [0.15, 0.2) is 63.6 Å². The quantitative estimate of drug-likeness (QED) is 0.415. The van der Waals surface area contributed by atoms with Crippen molar-refractivity contribution in [3.63, 3.8) is 0 Å². The fourth-order valence-electron chi connectivity index (χ4n) is 3.42. The molecule has 10 heteroatoms. The number of thioether (sulfide) groups is 1. The van der Waals surface area contributed by atoms with Gasteiger partial charge in [-0.1, -0.05) is 45.9 Å². The van der Waals surface area contributed by atoms with E-state index in [0.717, 1.165) is 16.2 Å². The van der Waals surface area contributed by atoms with E-state index in [9.17, 15) is 19.6 Å². The molecule has 1 heterocycles. The van der Waals surface area contributed by atoms with Gasteiger partial charge in [-0.2, -0.15) is 5.26 Å². The molecule has 1 aliphatic heterocycles. The van der Waals surface area contributed by atoms with E-state index in [1.165, 1.54) is 14.2 Å². The van der Waals surface area contributed by atoms with Gasteiger partial charge in [0.1, 0.15) is 11.7 Å². The number of anilines is 1. The van der Waals surface area contributed by atoms with E-state index in [1.54, 1.807) is 48.5 Å². The van der Waals surface area contributed by atoms with Gasteiger partial charge in [0.2, 0.25) is 11.8 Å². The molecule has 2 aromatic carbocycles. The van der Waals surface area contributed by atoms with Crippen LogP contribution in [0.5, 0.6) is 5.75 Å². The maximum atomic E-state index is 12.8. The number of hydrogen-bond donors (Lipinski definition) is 2. The molecule has 2 N–H and O–H groups in total. The predicted molar refractivity (Wildman–Crippen MR) is 127 cm³/mol. The molecule has 33 heavy (non-hydrogen) atoms. The summed E-state index contributed by atoms with van der Waals surface area (Å²) in [5.41, 5.74) is 1.34. The SMILES string of the molecule is COC(=O)[C@@H]1C(=O)NC(SCC(=O)Nc2cccc(OC)c2)=C(C#N)[C@H]1c1cccc(Br)c1. The Hall–Kier alpha value is -3.29. The van der Waals surface area contributed by atoms with Crippen LogP contribution in [0.4, 0.5) is 5.69 Å². The highest BCUT2D eigenvalue weighted by Gasteiger charge is 2.44. The minimum absolute atomic E-state index is 0.0634. The smallest absolute Gasteiger partial charge is 0.319 e. The molecule has 0 bridgehead atoms. The van der Waals surface area contributed by atoms with Gasteiger partial charge in [-0.25, -0.2) is 0 Å². The Balaban J connectivity index is 1.87. The van der Waals surface area contributed by atoms with Crippen LogP contribution in [0, 0.1) is 17.2 Å². The largest absolute Gasteiger partial charge is 0.497 e. The van der Waals surface area contributed by atoms with Crippen LogP contribution >= 0.6 is 27.7 Å². The summed E-state index contributed by atoms with van der Waals surface area (Å²) in [5.74, 6) is -3.22. The number of esters is 1. The zero-order valence-electron chi connectivity index (χ0n) is 17.8. The van der Waals surface area contributed by atoms with E-state index < -0.39 is 23.7 Å². The molecule has 0 spiro atoms. The third kappa shape index (κ3) is 5.74. The van der Waals surface area contributed by atoms with E-state index in [2.05, 4.69) is 32.6 Å². The van der Waals surface area contributed by atoms with Crippen LogP contribution < -0.4 is 15.4 Å². The van der Waals surface area contributed by atoms with E-state index in [0.29, 0.717) is 17.0 Å². The average Bonchev–Trinajstić information content (AvgIpc) is 2.81. The molecule has 2 amide bonds. The van der Waals surface area contributed by atoms with E-state index >= 15 is 0 Å². The molecule has 8 nitrogen and oxygen atoms in total. The summed E-state index contributed by atoms with van der Waals surface area (Å²) in [5, 5.41) is 15.5. The Kier molecular flexibility index (Phi) is 8.14. The molecule has 170 valence electrons. The molecule has 0 saturated heterocycles. The molecule has 0 radical (unpaired) electrons. The monoisotopic (exact) mass is 529 g/mol. The van der Waals surface area contributed by atoms with Gasteiger partial charge in [0.25, 0.3) is 0 Å². The van der Waals surface area contributed by atoms with Crippen molar-refractivity contribution in [3.8, 4) is 11.8 Å². The molecule has 2 atom stereocenters. The van der Waals surface area contributed by atoms with Crippen molar-refractivity contribution in [2.75, 3.05) is 25.3 Å². The summed E-state index contributed by atoms with van der Waals surface area (Å²) in [6, 6.07) is 16.0. The van der Waals surface area contributed by atoms with E-state index in [4.69, 9.17) is 9.47 Å². The summed E-state index contributed by atoms with van der Waals surface area (Å²) in [6.45, 7) is 0. The highest BCUT2D eigenvalue weighted by Crippen LogP contribution is 2.40. The lowest BCUT2D eigenvalue weighted by atomic mass is 9.78. The number of rotatable bonds is 7. The fourth-order valence-corrected chi connectivity index (χ4v) is 4.68. The summed E-state index contributed by atoms with van der Waals surface area (Å²) >= 11 is 4.40. The van der Waals surface area contributed by atoms with Crippen molar-refractivity contribution in [2.24, 2.45) is 5.92 Å². The number of ether oxygens (including phenoxy) is 2. The summed E-state index contributed by atoms with van der Waals surface area (Å²) in [6.07, 6.45) is 0. The number of carbonyl (C=O) groups is 3. The van der Waals surface area contributed by atoms with Gasteiger partial charge in [-0.05, 0) is 29.8 Å². The number of hydrogen-bond acceptors (Lipinski definition) is 7. The number of amides is 2. The highest BCUT2D eigenvalue weighted by molar-refractivity contribution is 9.10. The Labute approximate surface area is 203 Å². The second-order valence-electron chi connectivity index (χ2n) is 6.95. The Morgan fingerprint density at radius 1 is 1.21 bits per heavy atom. The second-order valence-corrected chi connectivity index (χ2v) is 8.85. The Bertz CT molecular complexity index is 1160. The van der Waals surface area contributed by atoms with Crippen molar-refractivity contribution in [3.05, 3.63) is 69.2 Å². The summed E-state index contributed by atoms with van der Waals surface area (Å²) in [7, 11) is 2.72. The minimum atomic E-state index is -1.23. The molecular formula is C23H20BrN3O5S. The first kappa shape index (κ1) is 24.4. The lowest BCUT2D eigenvalue weighted by Crippen LogP contribution is -2.44. The van der Waals surface area contributed by atoms with Crippen LogP contribution in [0.2, 0.25) is 0 Å². The van der Waals surface area contributed by atoms with Crippen LogP contribution in [0.25, 0.3) is 0 Å². The number of benzene rings is 2. The minimum Gasteiger partial charge on any atom is -0.497 e. The van der Waals surface area contributed by atoms with Crippen molar-refractivity contribution in [1.29, 1.82) is 5.26 Å². The Morgan fingerprint density at radius 3 is 2.64 bits per heavy atom. The average molecular weight is 530 g/mol. The molecule has 0 unspecified atom stereocenters.